The predicted octanol–water partition coefficient (Wildman–Crippen LogP) is 1.51. The summed E-state index contributed by atoms with van der Waals surface area (Å²) in [4.78, 5) is 12.5. The standard InChI is InChI=1S/C14H14N2O3/c15-9-13-10-16(7-8-19-13)12-4-1-11(2-5-12)3-6-14(17)18/h1-6,13H,7-8,10H2,(H,17,18). The van der Waals surface area contributed by atoms with Crippen LogP contribution in [0.15, 0.2) is 30.3 Å². The first-order valence-corrected chi connectivity index (χ1v) is 5.96. The fraction of sp³-hybridized carbons (Fsp3) is 0.286. The second kappa shape index (κ2) is 6.03. The molecule has 0 amide bonds. The molecule has 1 unspecified atom stereocenters. The maximum atomic E-state index is 10.4. The summed E-state index contributed by atoms with van der Waals surface area (Å²) in [5.41, 5.74) is 1.84. The molecule has 1 aliphatic heterocycles. The number of carbonyl (C=O) groups is 1. The normalized spacial score (nSPS) is 19.3. The van der Waals surface area contributed by atoms with Crippen LogP contribution >= 0.6 is 0 Å². The lowest BCUT2D eigenvalue weighted by Gasteiger charge is -2.31. The Hall–Kier alpha value is -2.32. The number of ether oxygens (including phenoxy) is 1. The summed E-state index contributed by atoms with van der Waals surface area (Å²) in [6, 6.07) is 9.65. The summed E-state index contributed by atoms with van der Waals surface area (Å²) in [6.07, 6.45) is 2.26. The summed E-state index contributed by atoms with van der Waals surface area (Å²) in [5, 5.41) is 17.4. The number of carboxylic acid groups (broad SMARTS) is 1. The molecule has 0 aliphatic carbocycles. The van der Waals surface area contributed by atoms with E-state index >= 15 is 0 Å². The third-order valence-corrected chi connectivity index (χ3v) is 2.89. The minimum absolute atomic E-state index is 0.389. The number of benzene rings is 1. The molecule has 0 saturated carbocycles. The molecular weight excluding hydrogens is 244 g/mol. The van der Waals surface area contributed by atoms with Crippen molar-refractivity contribution in [1.82, 2.24) is 0 Å². The zero-order chi connectivity index (χ0) is 13.7. The maximum absolute atomic E-state index is 10.4. The third kappa shape index (κ3) is 3.57. The van der Waals surface area contributed by atoms with Crippen molar-refractivity contribution in [2.24, 2.45) is 0 Å². The zero-order valence-electron chi connectivity index (χ0n) is 10.3. The van der Waals surface area contributed by atoms with E-state index < -0.39 is 5.97 Å². The Bertz CT molecular complexity index is 516. The van der Waals surface area contributed by atoms with Crippen LogP contribution in [0.1, 0.15) is 5.56 Å². The lowest BCUT2D eigenvalue weighted by atomic mass is 10.1. The molecule has 0 aromatic heterocycles. The number of nitriles is 1. The van der Waals surface area contributed by atoms with Gasteiger partial charge in [-0.1, -0.05) is 12.1 Å². The van der Waals surface area contributed by atoms with Crippen LogP contribution < -0.4 is 4.90 Å². The van der Waals surface area contributed by atoms with Crippen LogP contribution in [-0.4, -0.2) is 36.9 Å². The zero-order valence-corrected chi connectivity index (χ0v) is 10.3. The molecule has 19 heavy (non-hydrogen) atoms. The molecule has 1 fully saturated rings. The number of rotatable bonds is 3. The van der Waals surface area contributed by atoms with E-state index in [4.69, 9.17) is 15.1 Å². The van der Waals surface area contributed by atoms with Gasteiger partial charge in [0.1, 0.15) is 0 Å². The SMILES string of the molecule is N#CC1CN(c2ccc(C=CC(=O)O)cc2)CCO1. The molecule has 1 atom stereocenters. The van der Waals surface area contributed by atoms with Crippen molar-refractivity contribution in [3.63, 3.8) is 0 Å². The monoisotopic (exact) mass is 258 g/mol. The van der Waals surface area contributed by atoms with Crippen molar-refractivity contribution < 1.29 is 14.6 Å². The van der Waals surface area contributed by atoms with E-state index in [0.717, 1.165) is 23.9 Å². The first-order valence-electron chi connectivity index (χ1n) is 5.96. The number of hydrogen-bond acceptors (Lipinski definition) is 4. The molecule has 0 radical (unpaired) electrons. The van der Waals surface area contributed by atoms with E-state index in [9.17, 15) is 4.79 Å². The van der Waals surface area contributed by atoms with Crippen molar-refractivity contribution in [3.8, 4) is 6.07 Å². The first-order chi connectivity index (χ1) is 9.19. The van der Waals surface area contributed by atoms with Crippen molar-refractivity contribution in [1.29, 1.82) is 5.26 Å². The Labute approximate surface area is 111 Å². The number of nitrogens with zero attached hydrogens (tertiary/aromatic N) is 2. The summed E-state index contributed by atoms with van der Waals surface area (Å²) in [7, 11) is 0. The quantitative estimate of drug-likeness (QED) is 0.832. The summed E-state index contributed by atoms with van der Waals surface area (Å²) in [5.74, 6) is -0.964. The van der Waals surface area contributed by atoms with E-state index in [1.54, 1.807) is 6.08 Å². The van der Waals surface area contributed by atoms with Gasteiger partial charge in [-0.2, -0.15) is 5.26 Å². The van der Waals surface area contributed by atoms with Crippen LogP contribution in [-0.2, 0) is 9.53 Å². The van der Waals surface area contributed by atoms with Crippen LogP contribution in [0.2, 0.25) is 0 Å². The van der Waals surface area contributed by atoms with Gasteiger partial charge in [0.25, 0.3) is 0 Å². The Morgan fingerprint density at radius 3 is 2.84 bits per heavy atom. The highest BCUT2D eigenvalue weighted by Crippen LogP contribution is 2.18. The molecule has 1 N–H and O–H groups in total. The number of carboxylic acids is 1. The highest BCUT2D eigenvalue weighted by Gasteiger charge is 2.19. The smallest absolute Gasteiger partial charge is 0.328 e. The molecule has 5 nitrogen and oxygen atoms in total. The largest absolute Gasteiger partial charge is 0.478 e. The molecule has 98 valence electrons. The molecule has 1 saturated heterocycles. The Morgan fingerprint density at radius 2 is 2.21 bits per heavy atom. The molecule has 1 aliphatic rings. The number of morpholine rings is 1. The van der Waals surface area contributed by atoms with Gasteiger partial charge in [0.15, 0.2) is 6.10 Å². The van der Waals surface area contributed by atoms with E-state index in [0.29, 0.717) is 13.2 Å². The van der Waals surface area contributed by atoms with Crippen LogP contribution in [0.5, 0.6) is 0 Å². The lowest BCUT2D eigenvalue weighted by molar-refractivity contribution is -0.131. The van der Waals surface area contributed by atoms with Crippen molar-refractivity contribution in [3.05, 3.63) is 35.9 Å². The molecule has 0 spiro atoms. The summed E-state index contributed by atoms with van der Waals surface area (Å²) in [6.45, 7) is 1.85. The van der Waals surface area contributed by atoms with Crippen LogP contribution in [0.25, 0.3) is 6.08 Å². The minimum Gasteiger partial charge on any atom is -0.478 e. The van der Waals surface area contributed by atoms with Gasteiger partial charge in [-0.3, -0.25) is 0 Å². The van der Waals surface area contributed by atoms with Gasteiger partial charge in [-0.25, -0.2) is 4.79 Å². The average Bonchev–Trinajstić information content (AvgIpc) is 2.45. The molecule has 1 aromatic carbocycles. The maximum Gasteiger partial charge on any atom is 0.328 e. The summed E-state index contributed by atoms with van der Waals surface area (Å²) >= 11 is 0. The average molecular weight is 258 g/mol. The van der Waals surface area contributed by atoms with Gasteiger partial charge in [-0.05, 0) is 23.8 Å². The number of hydrogen-bond donors (Lipinski definition) is 1. The number of anilines is 1. The Morgan fingerprint density at radius 1 is 1.47 bits per heavy atom. The van der Waals surface area contributed by atoms with Gasteiger partial charge < -0.3 is 14.7 Å². The van der Waals surface area contributed by atoms with E-state index in [2.05, 4.69) is 11.0 Å². The van der Waals surface area contributed by atoms with E-state index in [1.807, 2.05) is 24.3 Å². The molecule has 1 aromatic rings. The topological polar surface area (TPSA) is 73.6 Å². The first kappa shape index (κ1) is 13.1. The fourth-order valence-corrected chi connectivity index (χ4v) is 1.93. The van der Waals surface area contributed by atoms with Crippen molar-refractivity contribution >= 4 is 17.7 Å². The fourth-order valence-electron chi connectivity index (χ4n) is 1.93. The Balaban J connectivity index is 2.06. The lowest BCUT2D eigenvalue weighted by Crippen LogP contribution is -2.41. The van der Waals surface area contributed by atoms with E-state index in [-0.39, 0.29) is 6.10 Å². The predicted molar refractivity (Wildman–Crippen MR) is 70.7 cm³/mol. The van der Waals surface area contributed by atoms with Crippen LogP contribution in [0.3, 0.4) is 0 Å². The molecule has 1 heterocycles. The highest BCUT2D eigenvalue weighted by atomic mass is 16.5. The molecule has 0 bridgehead atoms. The van der Waals surface area contributed by atoms with Gasteiger partial charge in [0.2, 0.25) is 0 Å². The van der Waals surface area contributed by atoms with Crippen LogP contribution in [0, 0.1) is 11.3 Å². The van der Waals surface area contributed by atoms with Crippen molar-refractivity contribution in [2.45, 2.75) is 6.10 Å². The van der Waals surface area contributed by atoms with Gasteiger partial charge in [0, 0.05) is 18.3 Å². The summed E-state index contributed by atoms with van der Waals surface area (Å²) < 4.78 is 5.29. The highest BCUT2D eigenvalue weighted by molar-refractivity contribution is 5.85. The van der Waals surface area contributed by atoms with Crippen molar-refractivity contribution in [2.75, 3.05) is 24.6 Å². The minimum atomic E-state index is -0.964. The molecule has 5 heteroatoms. The van der Waals surface area contributed by atoms with Gasteiger partial charge in [-0.15, -0.1) is 0 Å². The second-order valence-corrected chi connectivity index (χ2v) is 4.20. The second-order valence-electron chi connectivity index (χ2n) is 4.20. The Kier molecular flexibility index (Phi) is 4.16. The number of aliphatic carboxylic acids is 1. The van der Waals surface area contributed by atoms with Gasteiger partial charge >= 0.3 is 5.97 Å². The third-order valence-electron chi connectivity index (χ3n) is 2.89. The van der Waals surface area contributed by atoms with Crippen LogP contribution in [0.4, 0.5) is 5.69 Å². The van der Waals surface area contributed by atoms with E-state index in [1.165, 1.54) is 0 Å². The molecule has 2 rings (SSSR count). The van der Waals surface area contributed by atoms with Gasteiger partial charge in [0.05, 0.1) is 19.2 Å². The molecular formula is C14H14N2O3.